The fraction of sp³-hybridized carbons (Fsp3) is 0.533. The summed E-state index contributed by atoms with van der Waals surface area (Å²) in [5.41, 5.74) is 1.33. The first-order chi connectivity index (χ1) is 8.77. The van der Waals surface area contributed by atoms with Crippen molar-refractivity contribution in [1.82, 2.24) is 4.90 Å². The van der Waals surface area contributed by atoms with Gasteiger partial charge in [-0.15, -0.1) is 12.4 Å². The predicted octanol–water partition coefficient (Wildman–Crippen LogP) is 2.98. The molecule has 1 N–H and O–H groups in total. The van der Waals surface area contributed by atoms with E-state index in [9.17, 15) is 9.90 Å². The molecule has 0 aromatic heterocycles. The molecule has 4 heteroatoms. The van der Waals surface area contributed by atoms with E-state index < -0.39 is 5.97 Å². The van der Waals surface area contributed by atoms with Gasteiger partial charge in [0.05, 0.1) is 0 Å². The summed E-state index contributed by atoms with van der Waals surface area (Å²) in [7, 11) is 0. The molecule has 1 saturated heterocycles. The van der Waals surface area contributed by atoms with Crippen LogP contribution in [0.5, 0.6) is 0 Å². The number of hydrogen-bond acceptors (Lipinski definition) is 2. The third kappa shape index (κ3) is 4.84. The fourth-order valence-electron chi connectivity index (χ4n) is 2.67. The van der Waals surface area contributed by atoms with Crippen LogP contribution in [0.3, 0.4) is 0 Å². The summed E-state index contributed by atoms with van der Waals surface area (Å²) in [5, 5.41) is 9.18. The van der Waals surface area contributed by atoms with Crippen LogP contribution in [0, 0.1) is 0 Å². The van der Waals surface area contributed by atoms with Crippen LogP contribution in [0.4, 0.5) is 0 Å². The summed E-state index contributed by atoms with van der Waals surface area (Å²) in [5.74, 6) is -0.658. The van der Waals surface area contributed by atoms with E-state index in [-0.39, 0.29) is 18.4 Å². The van der Waals surface area contributed by atoms with E-state index in [0.717, 1.165) is 45.2 Å². The minimum absolute atomic E-state index is 0. The van der Waals surface area contributed by atoms with Gasteiger partial charge in [0, 0.05) is 0 Å². The highest BCUT2D eigenvalue weighted by molar-refractivity contribution is 5.85. The normalized spacial score (nSPS) is 19.7. The van der Waals surface area contributed by atoms with Crippen LogP contribution in [0.25, 0.3) is 0 Å². The fourth-order valence-corrected chi connectivity index (χ4v) is 2.67. The average molecular weight is 284 g/mol. The lowest BCUT2D eigenvalue weighted by Gasteiger charge is -2.32. The SMILES string of the molecule is Cl.O=C(O)C1CCCCN1CCCc1ccccc1. The number of piperidine rings is 1. The highest BCUT2D eigenvalue weighted by Crippen LogP contribution is 2.17. The molecule has 0 bridgehead atoms. The number of benzene rings is 1. The van der Waals surface area contributed by atoms with Gasteiger partial charge in [-0.25, -0.2) is 0 Å². The lowest BCUT2D eigenvalue weighted by Crippen LogP contribution is -2.45. The average Bonchev–Trinajstić information content (AvgIpc) is 2.40. The van der Waals surface area contributed by atoms with Crippen molar-refractivity contribution >= 4 is 18.4 Å². The molecule has 0 aliphatic carbocycles. The molecule has 1 aromatic carbocycles. The number of carboxylic acid groups (broad SMARTS) is 1. The maximum absolute atomic E-state index is 11.2. The molecule has 1 atom stereocenters. The zero-order valence-electron chi connectivity index (χ0n) is 11.1. The van der Waals surface area contributed by atoms with Gasteiger partial charge in [-0.1, -0.05) is 36.8 Å². The quantitative estimate of drug-likeness (QED) is 0.903. The maximum Gasteiger partial charge on any atom is 0.320 e. The first kappa shape index (κ1) is 16.0. The van der Waals surface area contributed by atoms with E-state index in [1.165, 1.54) is 5.56 Å². The number of carboxylic acids is 1. The smallest absolute Gasteiger partial charge is 0.320 e. The number of carbonyl (C=O) groups is 1. The van der Waals surface area contributed by atoms with Crippen LogP contribution in [0.1, 0.15) is 31.2 Å². The van der Waals surface area contributed by atoms with E-state index in [2.05, 4.69) is 29.2 Å². The summed E-state index contributed by atoms with van der Waals surface area (Å²) >= 11 is 0. The number of aryl methyl sites for hydroxylation is 1. The Kier molecular flexibility index (Phi) is 6.89. The first-order valence-electron chi connectivity index (χ1n) is 6.78. The second-order valence-electron chi connectivity index (χ2n) is 4.97. The minimum Gasteiger partial charge on any atom is -0.480 e. The number of nitrogens with zero attached hydrogens (tertiary/aromatic N) is 1. The van der Waals surface area contributed by atoms with Crippen molar-refractivity contribution in [1.29, 1.82) is 0 Å². The van der Waals surface area contributed by atoms with Crippen molar-refractivity contribution in [3.05, 3.63) is 35.9 Å². The molecule has 0 saturated carbocycles. The van der Waals surface area contributed by atoms with Crippen molar-refractivity contribution in [2.45, 2.75) is 38.1 Å². The zero-order valence-corrected chi connectivity index (χ0v) is 11.9. The largest absolute Gasteiger partial charge is 0.480 e. The van der Waals surface area contributed by atoms with E-state index >= 15 is 0 Å². The molecule has 0 spiro atoms. The van der Waals surface area contributed by atoms with Gasteiger partial charge in [0.2, 0.25) is 0 Å². The molecule has 1 fully saturated rings. The molecule has 1 aromatic rings. The highest BCUT2D eigenvalue weighted by Gasteiger charge is 2.27. The monoisotopic (exact) mass is 283 g/mol. The summed E-state index contributed by atoms with van der Waals surface area (Å²) in [6, 6.07) is 10.1. The van der Waals surface area contributed by atoms with Crippen molar-refractivity contribution in [3.63, 3.8) is 0 Å². The lowest BCUT2D eigenvalue weighted by molar-refractivity contribution is -0.144. The van der Waals surface area contributed by atoms with Crippen LogP contribution in [-0.2, 0) is 11.2 Å². The molecule has 0 radical (unpaired) electrons. The van der Waals surface area contributed by atoms with Crippen LogP contribution in [-0.4, -0.2) is 35.1 Å². The van der Waals surface area contributed by atoms with Gasteiger partial charge in [0.25, 0.3) is 0 Å². The van der Waals surface area contributed by atoms with Crippen molar-refractivity contribution in [2.75, 3.05) is 13.1 Å². The van der Waals surface area contributed by atoms with Gasteiger partial charge in [0.15, 0.2) is 0 Å². The first-order valence-corrected chi connectivity index (χ1v) is 6.78. The molecular formula is C15H22ClNO2. The van der Waals surface area contributed by atoms with Gasteiger partial charge in [-0.2, -0.15) is 0 Å². The number of rotatable bonds is 5. The number of likely N-dealkylation sites (tertiary alicyclic amines) is 1. The van der Waals surface area contributed by atoms with Crippen molar-refractivity contribution < 1.29 is 9.90 Å². The summed E-state index contributed by atoms with van der Waals surface area (Å²) in [6.45, 7) is 1.83. The molecule has 1 aliphatic heterocycles. The van der Waals surface area contributed by atoms with Gasteiger partial charge < -0.3 is 5.11 Å². The van der Waals surface area contributed by atoms with E-state index in [1.807, 2.05) is 6.07 Å². The highest BCUT2D eigenvalue weighted by atomic mass is 35.5. The Morgan fingerprint density at radius 2 is 2.00 bits per heavy atom. The topological polar surface area (TPSA) is 40.5 Å². The summed E-state index contributed by atoms with van der Waals surface area (Å²) < 4.78 is 0. The molecule has 1 heterocycles. The second kappa shape index (κ2) is 8.18. The maximum atomic E-state index is 11.2. The molecular weight excluding hydrogens is 262 g/mol. The van der Waals surface area contributed by atoms with Crippen LogP contribution in [0.15, 0.2) is 30.3 Å². The Morgan fingerprint density at radius 3 is 2.68 bits per heavy atom. The van der Waals surface area contributed by atoms with Crippen molar-refractivity contribution in [3.8, 4) is 0 Å². The van der Waals surface area contributed by atoms with E-state index in [0.29, 0.717) is 0 Å². The molecule has 2 rings (SSSR count). The van der Waals surface area contributed by atoms with E-state index in [4.69, 9.17) is 0 Å². The van der Waals surface area contributed by atoms with Gasteiger partial charge >= 0.3 is 5.97 Å². The molecule has 3 nitrogen and oxygen atoms in total. The molecule has 1 aliphatic rings. The molecule has 19 heavy (non-hydrogen) atoms. The van der Waals surface area contributed by atoms with Crippen molar-refractivity contribution in [2.24, 2.45) is 0 Å². The Balaban J connectivity index is 0.00000180. The second-order valence-corrected chi connectivity index (χ2v) is 4.97. The zero-order chi connectivity index (χ0) is 12.8. The van der Waals surface area contributed by atoms with Crippen LogP contribution >= 0.6 is 12.4 Å². The van der Waals surface area contributed by atoms with Gasteiger partial charge in [-0.05, 0) is 44.3 Å². The Bertz CT molecular complexity index is 383. The summed E-state index contributed by atoms with van der Waals surface area (Å²) in [6.07, 6.45) is 5.05. The predicted molar refractivity (Wildman–Crippen MR) is 78.9 cm³/mol. The molecule has 106 valence electrons. The lowest BCUT2D eigenvalue weighted by atomic mass is 10.0. The number of halogens is 1. The Morgan fingerprint density at radius 1 is 1.26 bits per heavy atom. The Hall–Kier alpha value is -1.06. The van der Waals surface area contributed by atoms with E-state index in [1.54, 1.807) is 0 Å². The standard InChI is InChI=1S/C15H21NO2.ClH/c17-15(18)14-10-4-5-11-16(14)12-6-9-13-7-2-1-3-8-13;/h1-3,7-8,14H,4-6,9-12H2,(H,17,18);1H. The third-order valence-electron chi connectivity index (χ3n) is 3.65. The van der Waals surface area contributed by atoms with Gasteiger partial charge in [0.1, 0.15) is 6.04 Å². The Labute approximate surface area is 121 Å². The third-order valence-corrected chi connectivity index (χ3v) is 3.65. The number of aliphatic carboxylic acids is 1. The van der Waals surface area contributed by atoms with Crippen LogP contribution < -0.4 is 0 Å². The van der Waals surface area contributed by atoms with Crippen LogP contribution in [0.2, 0.25) is 0 Å². The molecule has 1 unspecified atom stereocenters. The number of hydrogen-bond donors (Lipinski definition) is 1. The van der Waals surface area contributed by atoms with Gasteiger partial charge in [-0.3, -0.25) is 9.69 Å². The minimum atomic E-state index is -0.658. The summed E-state index contributed by atoms with van der Waals surface area (Å²) in [4.78, 5) is 13.3. The molecule has 0 amide bonds.